The molecule has 0 aliphatic heterocycles. The first-order valence-electron chi connectivity index (χ1n) is 7.99. The third kappa shape index (κ3) is 6.20. The van der Waals surface area contributed by atoms with Gasteiger partial charge in [-0.05, 0) is 37.0 Å². The van der Waals surface area contributed by atoms with Crippen LogP contribution < -0.4 is 5.32 Å². The lowest BCUT2D eigenvalue weighted by atomic mass is 10.0. The highest BCUT2D eigenvalue weighted by molar-refractivity contribution is 5.78. The van der Waals surface area contributed by atoms with Crippen molar-refractivity contribution in [3.8, 4) is 0 Å². The number of aryl methyl sites for hydroxylation is 1. The van der Waals surface area contributed by atoms with E-state index in [2.05, 4.69) is 10.3 Å². The summed E-state index contributed by atoms with van der Waals surface area (Å²) >= 11 is 0. The third-order valence-electron chi connectivity index (χ3n) is 3.73. The summed E-state index contributed by atoms with van der Waals surface area (Å²) in [6, 6.07) is 13.3. The molecule has 24 heavy (non-hydrogen) atoms. The quantitative estimate of drug-likeness (QED) is 0.781. The molecule has 2 aromatic rings. The minimum atomic E-state index is -0.856. The highest BCUT2D eigenvalue weighted by Crippen LogP contribution is 2.09. The zero-order chi connectivity index (χ0) is 17.4. The molecule has 0 saturated heterocycles. The molecule has 0 radical (unpaired) electrons. The van der Waals surface area contributed by atoms with Crippen LogP contribution in [0.3, 0.4) is 0 Å². The Kier molecular flexibility index (Phi) is 6.49. The molecule has 1 aromatic carbocycles. The van der Waals surface area contributed by atoms with E-state index >= 15 is 0 Å². The number of nitrogens with zero attached hydrogens (tertiary/aromatic N) is 1. The number of carbonyl (C=O) groups is 2. The Morgan fingerprint density at radius 3 is 2.50 bits per heavy atom. The number of hydrogen-bond donors (Lipinski definition) is 2. The van der Waals surface area contributed by atoms with Crippen molar-refractivity contribution < 1.29 is 14.7 Å². The van der Waals surface area contributed by atoms with E-state index in [4.69, 9.17) is 5.11 Å². The van der Waals surface area contributed by atoms with E-state index in [1.807, 2.05) is 49.4 Å². The summed E-state index contributed by atoms with van der Waals surface area (Å²) < 4.78 is 0. The molecule has 0 saturated carbocycles. The van der Waals surface area contributed by atoms with Crippen LogP contribution in [0.4, 0.5) is 0 Å². The number of hydrogen-bond acceptors (Lipinski definition) is 3. The van der Waals surface area contributed by atoms with E-state index in [0.29, 0.717) is 12.8 Å². The lowest BCUT2D eigenvalue weighted by molar-refractivity contribution is -0.137. The van der Waals surface area contributed by atoms with Gasteiger partial charge in [0.25, 0.3) is 0 Å². The molecule has 1 amide bonds. The molecular formula is C19H22N2O3. The Balaban J connectivity index is 1.96. The monoisotopic (exact) mass is 326 g/mol. The Labute approximate surface area is 141 Å². The van der Waals surface area contributed by atoms with Gasteiger partial charge in [-0.25, -0.2) is 0 Å². The first-order valence-corrected chi connectivity index (χ1v) is 7.99. The normalized spacial score (nSPS) is 11.7. The van der Waals surface area contributed by atoms with Gasteiger partial charge in [0.15, 0.2) is 0 Å². The average molecular weight is 326 g/mol. The van der Waals surface area contributed by atoms with Gasteiger partial charge in [-0.1, -0.05) is 36.4 Å². The predicted octanol–water partition coefficient (Wildman–Crippen LogP) is 2.52. The van der Waals surface area contributed by atoms with E-state index in [9.17, 15) is 9.59 Å². The molecule has 0 aliphatic carbocycles. The van der Waals surface area contributed by atoms with Gasteiger partial charge in [-0.2, -0.15) is 0 Å². The van der Waals surface area contributed by atoms with Crippen molar-refractivity contribution in [1.82, 2.24) is 10.3 Å². The Bertz CT molecular complexity index is 669. The van der Waals surface area contributed by atoms with Gasteiger partial charge < -0.3 is 10.4 Å². The number of carbonyl (C=O) groups excluding carboxylic acids is 1. The second-order valence-corrected chi connectivity index (χ2v) is 5.87. The topological polar surface area (TPSA) is 79.3 Å². The summed E-state index contributed by atoms with van der Waals surface area (Å²) in [5, 5.41) is 11.9. The van der Waals surface area contributed by atoms with Crippen LogP contribution >= 0.6 is 0 Å². The van der Waals surface area contributed by atoms with Gasteiger partial charge in [-0.3, -0.25) is 14.6 Å². The molecular weight excluding hydrogens is 304 g/mol. The fourth-order valence-corrected chi connectivity index (χ4v) is 2.49. The summed E-state index contributed by atoms with van der Waals surface area (Å²) in [6.45, 7) is 1.89. The molecule has 2 N–H and O–H groups in total. The van der Waals surface area contributed by atoms with Gasteiger partial charge in [0.1, 0.15) is 0 Å². The number of aliphatic carboxylic acids is 1. The molecule has 1 heterocycles. The molecule has 1 unspecified atom stereocenters. The van der Waals surface area contributed by atoms with E-state index < -0.39 is 5.97 Å². The smallest absolute Gasteiger partial charge is 0.303 e. The highest BCUT2D eigenvalue weighted by Gasteiger charge is 2.15. The maximum Gasteiger partial charge on any atom is 0.303 e. The summed E-state index contributed by atoms with van der Waals surface area (Å²) in [6.07, 6.45) is 2.99. The molecule has 0 bridgehead atoms. The number of pyridine rings is 1. The highest BCUT2D eigenvalue weighted by atomic mass is 16.4. The summed E-state index contributed by atoms with van der Waals surface area (Å²) in [5.74, 6) is -0.975. The maximum absolute atomic E-state index is 12.3. The van der Waals surface area contributed by atoms with Crippen LogP contribution in [0.25, 0.3) is 0 Å². The molecule has 2 rings (SSSR count). The number of nitrogens with one attached hydrogen (secondary N) is 1. The van der Waals surface area contributed by atoms with Gasteiger partial charge in [0.2, 0.25) is 5.91 Å². The SMILES string of the molecule is Cc1ccc(CC(=O)NC(CCC(=O)O)Cc2ccccc2)cn1. The molecule has 0 spiro atoms. The Morgan fingerprint density at radius 1 is 1.12 bits per heavy atom. The van der Waals surface area contributed by atoms with Crippen LogP contribution in [-0.2, 0) is 22.4 Å². The van der Waals surface area contributed by atoms with Crippen molar-refractivity contribution >= 4 is 11.9 Å². The van der Waals surface area contributed by atoms with Gasteiger partial charge in [0, 0.05) is 24.4 Å². The van der Waals surface area contributed by atoms with Crippen LogP contribution in [0, 0.1) is 6.92 Å². The lowest BCUT2D eigenvalue weighted by Crippen LogP contribution is -2.37. The van der Waals surface area contributed by atoms with Crippen LogP contribution in [0.1, 0.15) is 29.7 Å². The summed E-state index contributed by atoms with van der Waals surface area (Å²) in [4.78, 5) is 27.3. The first-order chi connectivity index (χ1) is 11.5. The van der Waals surface area contributed by atoms with Crippen LogP contribution in [-0.4, -0.2) is 28.0 Å². The molecule has 1 aromatic heterocycles. The third-order valence-corrected chi connectivity index (χ3v) is 3.73. The number of rotatable bonds is 8. The number of carboxylic acids is 1. The van der Waals surface area contributed by atoms with E-state index in [1.54, 1.807) is 6.20 Å². The number of carboxylic acid groups (broad SMARTS) is 1. The van der Waals surface area contributed by atoms with Crippen molar-refractivity contribution in [2.24, 2.45) is 0 Å². The van der Waals surface area contributed by atoms with E-state index in [-0.39, 0.29) is 24.8 Å². The average Bonchev–Trinajstić information content (AvgIpc) is 2.55. The molecule has 5 nitrogen and oxygen atoms in total. The first kappa shape index (κ1) is 17.7. The van der Waals surface area contributed by atoms with Crippen molar-refractivity contribution in [2.75, 3.05) is 0 Å². The van der Waals surface area contributed by atoms with Crippen LogP contribution in [0.15, 0.2) is 48.7 Å². The zero-order valence-corrected chi connectivity index (χ0v) is 13.7. The van der Waals surface area contributed by atoms with E-state index in [1.165, 1.54) is 0 Å². The number of amides is 1. The second kappa shape index (κ2) is 8.82. The number of benzene rings is 1. The minimum Gasteiger partial charge on any atom is -0.481 e. The van der Waals surface area contributed by atoms with Crippen LogP contribution in [0.5, 0.6) is 0 Å². The molecule has 5 heteroatoms. The van der Waals surface area contributed by atoms with Crippen LogP contribution in [0.2, 0.25) is 0 Å². The predicted molar refractivity (Wildman–Crippen MR) is 91.6 cm³/mol. The van der Waals surface area contributed by atoms with Gasteiger partial charge in [-0.15, -0.1) is 0 Å². The molecule has 126 valence electrons. The standard InChI is InChI=1S/C19H22N2O3/c1-14-7-8-16(13-20-14)12-18(22)21-17(9-10-19(23)24)11-15-5-3-2-4-6-15/h2-8,13,17H,9-12H2,1H3,(H,21,22)(H,23,24). The largest absolute Gasteiger partial charge is 0.481 e. The second-order valence-electron chi connectivity index (χ2n) is 5.87. The molecule has 1 atom stereocenters. The van der Waals surface area contributed by atoms with Crippen molar-refractivity contribution in [1.29, 1.82) is 0 Å². The van der Waals surface area contributed by atoms with Gasteiger partial charge >= 0.3 is 5.97 Å². The zero-order valence-electron chi connectivity index (χ0n) is 13.7. The molecule has 0 aliphatic rings. The molecule has 0 fully saturated rings. The Morgan fingerprint density at radius 2 is 1.88 bits per heavy atom. The Hall–Kier alpha value is -2.69. The van der Waals surface area contributed by atoms with Crippen molar-refractivity contribution in [3.63, 3.8) is 0 Å². The fraction of sp³-hybridized carbons (Fsp3) is 0.316. The van der Waals surface area contributed by atoms with Crippen molar-refractivity contribution in [3.05, 3.63) is 65.5 Å². The lowest BCUT2D eigenvalue weighted by Gasteiger charge is -2.18. The van der Waals surface area contributed by atoms with Crippen molar-refractivity contribution in [2.45, 2.75) is 38.6 Å². The summed E-state index contributed by atoms with van der Waals surface area (Å²) in [7, 11) is 0. The van der Waals surface area contributed by atoms with Gasteiger partial charge in [0.05, 0.1) is 6.42 Å². The number of aromatic nitrogens is 1. The van der Waals surface area contributed by atoms with E-state index in [0.717, 1.165) is 16.8 Å². The maximum atomic E-state index is 12.3. The fourth-order valence-electron chi connectivity index (χ4n) is 2.49. The minimum absolute atomic E-state index is 0.0316. The summed E-state index contributed by atoms with van der Waals surface area (Å²) in [5.41, 5.74) is 2.82.